The van der Waals surface area contributed by atoms with Gasteiger partial charge in [-0.2, -0.15) is 0 Å². The van der Waals surface area contributed by atoms with Crippen molar-refractivity contribution in [3.63, 3.8) is 0 Å². The van der Waals surface area contributed by atoms with Crippen molar-refractivity contribution in [3.8, 4) is 0 Å². The smallest absolute Gasteiger partial charge is 0.159 e. The lowest BCUT2D eigenvalue weighted by atomic mass is 9.40. The molecule has 1 aromatic rings. The fourth-order valence-corrected chi connectivity index (χ4v) is 8.42. The molecule has 0 radical (unpaired) electrons. The van der Waals surface area contributed by atoms with Gasteiger partial charge in [0, 0.05) is 6.42 Å². The third-order valence-electron chi connectivity index (χ3n) is 10.8. The zero-order chi connectivity index (χ0) is 21.4. The molecule has 162 valence electrons. The van der Waals surface area contributed by atoms with Gasteiger partial charge in [0.05, 0.1) is 5.60 Å². The van der Waals surface area contributed by atoms with Crippen LogP contribution in [0.15, 0.2) is 35.9 Å². The van der Waals surface area contributed by atoms with Crippen LogP contribution < -0.4 is 0 Å². The summed E-state index contributed by atoms with van der Waals surface area (Å²) in [5, 5.41) is 11.2. The molecular formula is C28H38O2. The number of carbonyl (C=O) groups is 1. The molecule has 1 aromatic carbocycles. The SMILES string of the molecule is C[C@@]12CC[C@@H]3[C@H](CC[C@]4(C)[C@H]3CC[C@]4(C)O)[C@]1(C)CC(=Cc1ccccc1)C(=O)C2. The maximum atomic E-state index is 13.2. The summed E-state index contributed by atoms with van der Waals surface area (Å²) in [6, 6.07) is 10.3. The maximum absolute atomic E-state index is 13.2. The number of ketones is 1. The lowest BCUT2D eigenvalue weighted by molar-refractivity contribution is -0.169. The van der Waals surface area contributed by atoms with Gasteiger partial charge in [-0.3, -0.25) is 4.79 Å². The van der Waals surface area contributed by atoms with Crippen LogP contribution in [0, 0.1) is 34.0 Å². The van der Waals surface area contributed by atoms with Gasteiger partial charge in [0.15, 0.2) is 5.78 Å². The average Bonchev–Trinajstić information content (AvgIpc) is 2.94. The second-order valence-electron chi connectivity index (χ2n) is 12.0. The number of hydrogen-bond acceptors (Lipinski definition) is 2. The van der Waals surface area contributed by atoms with Gasteiger partial charge in [-0.15, -0.1) is 0 Å². The van der Waals surface area contributed by atoms with Crippen molar-refractivity contribution in [2.75, 3.05) is 0 Å². The zero-order valence-corrected chi connectivity index (χ0v) is 19.2. The molecule has 30 heavy (non-hydrogen) atoms. The van der Waals surface area contributed by atoms with Crippen molar-refractivity contribution >= 4 is 11.9 Å². The van der Waals surface area contributed by atoms with Gasteiger partial charge in [-0.1, -0.05) is 51.1 Å². The van der Waals surface area contributed by atoms with E-state index in [-0.39, 0.29) is 16.2 Å². The molecule has 0 aromatic heterocycles. The summed E-state index contributed by atoms with van der Waals surface area (Å²) in [6.07, 6.45) is 10.6. The highest BCUT2D eigenvalue weighted by Crippen LogP contribution is 2.71. The molecule has 4 aliphatic rings. The molecule has 0 amide bonds. The van der Waals surface area contributed by atoms with Gasteiger partial charge in [0.2, 0.25) is 0 Å². The highest BCUT2D eigenvalue weighted by Gasteiger charge is 2.65. The molecule has 0 heterocycles. The quantitative estimate of drug-likeness (QED) is 0.545. The Balaban J connectivity index is 1.50. The molecule has 4 fully saturated rings. The van der Waals surface area contributed by atoms with Gasteiger partial charge in [0.1, 0.15) is 0 Å². The largest absolute Gasteiger partial charge is 0.390 e. The zero-order valence-electron chi connectivity index (χ0n) is 19.2. The number of Topliss-reactive ketones (excluding diaryl/α,β-unsaturated/α-hetero) is 1. The normalized spacial score (nSPS) is 49.4. The van der Waals surface area contributed by atoms with Crippen molar-refractivity contribution in [2.45, 2.75) is 84.7 Å². The van der Waals surface area contributed by atoms with Gasteiger partial charge in [-0.25, -0.2) is 0 Å². The molecule has 0 aliphatic heterocycles. The number of allylic oxidation sites excluding steroid dienone is 1. The summed E-state index contributed by atoms with van der Waals surface area (Å²) < 4.78 is 0. The summed E-state index contributed by atoms with van der Waals surface area (Å²) in [6.45, 7) is 9.36. The third kappa shape index (κ3) is 2.68. The Kier molecular flexibility index (Phi) is 4.47. The van der Waals surface area contributed by atoms with Crippen molar-refractivity contribution in [1.82, 2.24) is 0 Å². The van der Waals surface area contributed by atoms with E-state index in [2.05, 4.69) is 58.0 Å². The van der Waals surface area contributed by atoms with Gasteiger partial charge in [0.25, 0.3) is 0 Å². The van der Waals surface area contributed by atoms with E-state index in [0.717, 1.165) is 36.8 Å². The van der Waals surface area contributed by atoms with E-state index in [0.29, 0.717) is 30.0 Å². The first-order valence-corrected chi connectivity index (χ1v) is 12.1. The number of fused-ring (bicyclic) bond motifs is 5. The van der Waals surface area contributed by atoms with Crippen molar-refractivity contribution in [3.05, 3.63) is 41.5 Å². The maximum Gasteiger partial charge on any atom is 0.159 e. The highest BCUT2D eigenvalue weighted by molar-refractivity contribution is 6.01. The molecular weight excluding hydrogens is 368 g/mol. The Labute approximate surface area is 182 Å². The standard InChI is InChI=1S/C28H38O2/c1-25-13-10-21-22-12-15-28(4,30)26(22,2)14-11-23(21)27(25,3)17-20(24(29)18-25)16-19-8-6-5-7-9-19/h5-9,16,21-23,30H,10-15,17-18H2,1-4H3/t21-,22-,23-,25-,26+,27-,28-/m0/s1. The van der Waals surface area contributed by atoms with E-state index in [1.54, 1.807) is 0 Å². The van der Waals surface area contributed by atoms with E-state index >= 15 is 0 Å². The van der Waals surface area contributed by atoms with E-state index in [1.165, 1.54) is 19.3 Å². The Morgan fingerprint density at radius 2 is 1.53 bits per heavy atom. The number of rotatable bonds is 1. The number of hydrogen-bond donors (Lipinski definition) is 1. The van der Waals surface area contributed by atoms with Crippen LogP contribution in [0.2, 0.25) is 0 Å². The van der Waals surface area contributed by atoms with Crippen LogP contribution in [0.1, 0.15) is 84.6 Å². The second-order valence-corrected chi connectivity index (χ2v) is 12.0. The Hall–Kier alpha value is -1.41. The average molecular weight is 407 g/mol. The van der Waals surface area contributed by atoms with E-state index < -0.39 is 5.60 Å². The molecule has 1 N–H and O–H groups in total. The summed E-state index contributed by atoms with van der Waals surface area (Å²) in [7, 11) is 0. The van der Waals surface area contributed by atoms with E-state index in [9.17, 15) is 9.90 Å². The Morgan fingerprint density at radius 1 is 0.867 bits per heavy atom. The Bertz CT molecular complexity index is 883. The molecule has 5 rings (SSSR count). The van der Waals surface area contributed by atoms with Crippen LogP contribution in [0.3, 0.4) is 0 Å². The van der Waals surface area contributed by atoms with Crippen LogP contribution in [0.4, 0.5) is 0 Å². The molecule has 2 nitrogen and oxygen atoms in total. The molecule has 0 bridgehead atoms. The third-order valence-corrected chi connectivity index (χ3v) is 10.8. The van der Waals surface area contributed by atoms with Crippen LogP contribution in [-0.2, 0) is 4.79 Å². The van der Waals surface area contributed by atoms with Gasteiger partial charge >= 0.3 is 0 Å². The molecule has 2 heteroatoms. The highest BCUT2D eigenvalue weighted by atomic mass is 16.3. The fraction of sp³-hybridized carbons (Fsp3) is 0.679. The van der Waals surface area contributed by atoms with Crippen LogP contribution in [0.5, 0.6) is 0 Å². The molecule has 4 saturated carbocycles. The molecule has 4 aliphatic carbocycles. The predicted molar refractivity (Wildman–Crippen MR) is 122 cm³/mol. The summed E-state index contributed by atoms with van der Waals surface area (Å²) in [4.78, 5) is 13.2. The summed E-state index contributed by atoms with van der Waals surface area (Å²) >= 11 is 0. The van der Waals surface area contributed by atoms with Gasteiger partial charge in [-0.05, 0) is 103 Å². The Morgan fingerprint density at radius 3 is 2.27 bits per heavy atom. The molecule has 0 spiro atoms. The second kappa shape index (κ2) is 6.55. The van der Waals surface area contributed by atoms with E-state index in [1.807, 2.05) is 6.07 Å². The first kappa shape index (κ1) is 20.5. The topological polar surface area (TPSA) is 37.3 Å². The molecule has 0 saturated heterocycles. The first-order valence-electron chi connectivity index (χ1n) is 12.1. The number of benzene rings is 1. The van der Waals surface area contributed by atoms with Gasteiger partial charge < -0.3 is 5.11 Å². The molecule has 0 unspecified atom stereocenters. The van der Waals surface area contributed by atoms with Crippen LogP contribution in [0.25, 0.3) is 6.08 Å². The van der Waals surface area contributed by atoms with Crippen molar-refractivity contribution in [1.29, 1.82) is 0 Å². The van der Waals surface area contributed by atoms with Crippen LogP contribution >= 0.6 is 0 Å². The van der Waals surface area contributed by atoms with E-state index in [4.69, 9.17) is 0 Å². The molecule has 7 atom stereocenters. The fourth-order valence-electron chi connectivity index (χ4n) is 8.42. The number of carbonyl (C=O) groups excluding carboxylic acids is 1. The minimum Gasteiger partial charge on any atom is -0.390 e. The number of aliphatic hydroxyl groups is 1. The van der Waals surface area contributed by atoms with Crippen LogP contribution in [-0.4, -0.2) is 16.5 Å². The van der Waals surface area contributed by atoms with Crippen molar-refractivity contribution in [2.24, 2.45) is 34.0 Å². The lowest BCUT2D eigenvalue weighted by Crippen LogP contribution is -2.59. The summed E-state index contributed by atoms with van der Waals surface area (Å²) in [5.74, 6) is 2.35. The predicted octanol–water partition coefficient (Wildman–Crippen LogP) is 6.43. The van der Waals surface area contributed by atoms with Crippen molar-refractivity contribution < 1.29 is 9.90 Å². The minimum absolute atomic E-state index is 0.0610. The monoisotopic (exact) mass is 406 g/mol. The lowest BCUT2D eigenvalue weighted by Gasteiger charge is -2.64. The summed E-state index contributed by atoms with van der Waals surface area (Å²) in [5.41, 5.74) is 1.99. The first-order chi connectivity index (χ1) is 14.1. The minimum atomic E-state index is -0.523.